The summed E-state index contributed by atoms with van der Waals surface area (Å²) in [7, 11) is 0. The minimum atomic E-state index is -0.195. The molecule has 108 valence electrons. The van der Waals surface area contributed by atoms with Crippen LogP contribution >= 0.6 is 22.9 Å². The molecular formula is C12H21ClN4OS. The predicted molar refractivity (Wildman–Crippen MR) is 78.9 cm³/mol. The number of hydrogen-bond acceptors (Lipinski definition) is 5. The van der Waals surface area contributed by atoms with Gasteiger partial charge in [-0.25, -0.2) is 0 Å². The Morgan fingerprint density at radius 1 is 1.42 bits per heavy atom. The third-order valence-corrected chi connectivity index (χ3v) is 4.00. The van der Waals surface area contributed by atoms with Gasteiger partial charge in [0.05, 0.1) is 0 Å². The lowest BCUT2D eigenvalue weighted by molar-refractivity contribution is 0.0936. The Morgan fingerprint density at radius 3 is 2.63 bits per heavy atom. The van der Waals surface area contributed by atoms with E-state index in [4.69, 9.17) is 11.6 Å². The van der Waals surface area contributed by atoms with E-state index < -0.39 is 0 Å². The molecule has 0 aliphatic rings. The van der Waals surface area contributed by atoms with Crippen LogP contribution in [0.1, 0.15) is 43.4 Å². The van der Waals surface area contributed by atoms with E-state index in [9.17, 15) is 4.79 Å². The first kappa shape index (κ1) is 16.3. The van der Waals surface area contributed by atoms with Gasteiger partial charge < -0.3 is 10.2 Å². The topological polar surface area (TPSA) is 58.1 Å². The molecule has 0 saturated heterocycles. The Morgan fingerprint density at radius 2 is 2.11 bits per heavy atom. The number of halogens is 1. The molecule has 0 aromatic carbocycles. The number of aromatic nitrogens is 2. The van der Waals surface area contributed by atoms with Gasteiger partial charge in [-0.3, -0.25) is 4.79 Å². The Bertz CT molecular complexity index is 395. The maximum absolute atomic E-state index is 11.8. The first-order chi connectivity index (χ1) is 9.06. The fourth-order valence-electron chi connectivity index (χ4n) is 1.82. The van der Waals surface area contributed by atoms with Gasteiger partial charge in [0.2, 0.25) is 9.47 Å². The average Bonchev–Trinajstić information content (AvgIpc) is 2.81. The molecule has 1 amide bonds. The second-order valence-electron chi connectivity index (χ2n) is 4.40. The summed E-state index contributed by atoms with van der Waals surface area (Å²) in [6.07, 6.45) is 2.02. The number of carbonyl (C=O) groups excluding carboxylic acids is 1. The summed E-state index contributed by atoms with van der Waals surface area (Å²) in [6.45, 7) is 9.53. The summed E-state index contributed by atoms with van der Waals surface area (Å²) in [6, 6.07) is 0.130. The highest BCUT2D eigenvalue weighted by Gasteiger charge is 2.14. The number of hydrogen-bond donors (Lipinski definition) is 1. The zero-order valence-electron chi connectivity index (χ0n) is 11.6. The molecule has 1 N–H and O–H groups in total. The summed E-state index contributed by atoms with van der Waals surface area (Å²) < 4.78 is 0.291. The van der Waals surface area contributed by atoms with Gasteiger partial charge in [0.15, 0.2) is 0 Å². The van der Waals surface area contributed by atoms with Crippen molar-refractivity contribution >= 4 is 28.8 Å². The van der Waals surface area contributed by atoms with Crippen molar-refractivity contribution in [3.8, 4) is 0 Å². The molecule has 1 atom stereocenters. The normalized spacial score (nSPS) is 12.7. The predicted octanol–water partition coefficient (Wildman–Crippen LogP) is 2.43. The van der Waals surface area contributed by atoms with Crippen LogP contribution in [0, 0.1) is 0 Å². The molecule has 0 radical (unpaired) electrons. The summed E-state index contributed by atoms with van der Waals surface area (Å²) in [5.74, 6) is -0.195. The number of nitrogens with one attached hydrogen (secondary N) is 1. The second-order valence-corrected chi connectivity index (χ2v) is 5.96. The Balaban J connectivity index is 2.27. The molecule has 1 heterocycles. The molecule has 1 rings (SSSR count). The van der Waals surface area contributed by atoms with E-state index in [1.54, 1.807) is 0 Å². The Labute approximate surface area is 123 Å². The Hall–Kier alpha value is -0.720. The van der Waals surface area contributed by atoms with E-state index in [0.717, 1.165) is 43.8 Å². The number of nitrogens with zero attached hydrogens (tertiary/aromatic N) is 3. The van der Waals surface area contributed by atoms with Gasteiger partial charge in [-0.15, -0.1) is 10.2 Å². The van der Waals surface area contributed by atoms with E-state index in [0.29, 0.717) is 9.47 Å². The zero-order valence-corrected chi connectivity index (χ0v) is 13.2. The highest BCUT2D eigenvalue weighted by molar-refractivity contribution is 7.17. The van der Waals surface area contributed by atoms with E-state index >= 15 is 0 Å². The fraction of sp³-hybridized carbons (Fsp3) is 0.750. The summed E-state index contributed by atoms with van der Waals surface area (Å²) in [5.41, 5.74) is 0. The van der Waals surface area contributed by atoms with E-state index in [-0.39, 0.29) is 11.9 Å². The van der Waals surface area contributed by atoms with Crippen molar-refractivity contribution in [2.24, 2.45) is 0 Å². The molecule has 0 fully saturated rings. The minimum absolute atomic E-state index is 0.130. The maximum atomic E-state index is 11.8. The smallest absolute Gasteiger partial charge is 0.282 e. The molecule has 19 heavy (non-hydrogen) atoms. The summed E-state index contributed by atoms with van der Waals surface area (Å²) in [5, 5.41) is 10.6. The lowest BCUT2D eigenvalue weighted by atomic mass is 10.1. The van der Waals surface area contributed by atoms with Crippen LogP contribution in [-0.4, -0.2) is 46.7 Å². The molecule has 0 bridgehead atoms. The molecular weight excluding hydrogens is 284 g/mol. The molecule has 1 aromatic heterocycles. The average molecular weight is 305 g/mol. The SMILES string of the molecule is CCN(CC)CCCC(C)NC(=O)c1nnc(Cl)s1. The van der Waals surface area contributed by atoms with Crippen molar-refractivity contribution < 1.29 is 4.79 Å². The van der Waals surface area contributed by atoms with Crippen LogP contribution in [0.5, 0.6) is 0 Å². The third kappa shape index (κ3) is 5.84. The van der Waals surface area contributed by atoms with Crippen molar-refractivity contribution in [1.82, 2.24) is 20.4 Å². The number of carbonyl (C=O) groups is 1. The van der Waals surface area contributed by atoms with E-state index in [1.165, 1.54) is 0 Å². The van der Waals surface area contributed by atoms with Crippen LogP contribution in [0.3, 0.4) is 0 Å². The quantitative estimate of drug-likeness (QED) is 0.801. The maximum Gasteiger partial charge on any atom is 0.282 e. The first-order valence-electron chi connectivity index (χ1n) is 6.59. The summed E-state index contributed by atoms with van der Waals surface area (Å²) >= 11 is 6.75. The molecule has 7 heteroatoms. The third-order valence-electron chi connectivity index (χ3n) is 2.98. The van der Waals surface area contributed by atoms with Crippen molar-refractivity contribution in [3.63, 3.8) is 0 Å². The largest absolute Gasteiger partial charge is 0.347 e. The molecule has 0 aliphatic heterocycles. The van der Waals surface area contributed by atoms with Crippen LogP contribution in [0.15, 0.2) is 0 Å². The van der Waals surface area contributed by atoms with Gasteiger partial charge in [0.1, 0.15) is 0 Å². The van der Waals surface area contributed by atoms with Crippen LogP contribution in [-0.2, 0) is 0 Å². The molecule has 1 unspecified atom stereocenters. The zero-order chi connectivity index (χ0) is 14.3. The number of amides is 1. The van der Waals surface area contributed by atoms with Gasteiger partial charge in [0, 0.05) is 6.04 Å². The highest BCUT2D eigenvalue weighted by Crippen LogP contribution is 2.14. The van der Waals surface area contributed by atoms with Gasteiger partial charge in [0.25, 0.3) is 5.91 Å². The lowest BCUT2D eigenvalue weighted by Gasteiger charge is -2.19. The number of rotatable bonds is 8. The second kappa shape index (κ2) is 8.45. The summed E-state index contributed by atoms with van der Waals surface area (Å²) in [4.78, 5) is 14.2. The fourth-order valence-corrected chi connectivity index (χ4v) is 2.55. The van der Waals surface area contributed by atoms with Crippen LogP contribution in [0.25, 0.3) is 0 Å². The van der Waals surface area contributed by atoms with Gasteiger partial charge in [-0.05, 0) is 51.0 Å². The van der Waals surface area contributed by atoms with Gasteiger partial charge >= 0.3 is 0 Å². The highest BCUT2D eigenvalue weighted by atomic mass is 35.5. The van der Waals surface area contributed by atoms with Crippen molar-refractivity contribution in [2.45, 2.75) is 39.7 Å². The van der Waals surface area contributed by atoms with E-state index in [2.05, 4.69) is 34.3 Å². The molecule has 0 saturated carbocycles. The first-order valence-corrected chi connectivity index (χ1v) is 7.78. The molecule has 1 aromatic rings. The van der Waals surface area contributed by atoms with Crippen molar-refractivity contribution in [2.75, 3.05) is 19.6 Å². The van der Waals surface area contributed by atoms with Crippen LogP contribution in [0.4, 0.5) is 0 Å². The minimum Gasteiger partial charge on any atom is -0.347 e. The van der Waals surface area contributed by atoms with Gasteiger partial charge in [-0.1, -0.05) is 25.2 Å². The van der Waals surface area contributed by atoms with Crippen LogP contribution < -0.4 is 5.32 Å². The monoisotopic (exact) mass is 304 g/mol. The molecule has 5 nitrogen and oxygen atoms in total. The molecule has 0 aliphatic carbocycles. The van der Waals surface area contributed by atoms with Crippen molar-refractivity contribution in [3.05, 3.63) is 9.47 Å². The molecule has 0 spiro atoms. The van der Waals surface area contributed by atoms with Crippen molar-refractivity contribution in [1.29, 1.82) is 0 Å². The standard InChI is InChI=1S/C12H21ClN4OS/c1-4-17(5-2)8-6-7-9(3)14-10(18)11-15-16-12(13)19-11/h9H,4-8H2,1-3H3,(H,14,18). The Kier molecular flexibility index (Phi) is 7.27. The lowest BCUT2D eigenvalue weighted by Crippen LogP contribution is -2.33. The van der Waals surface area contributed by atoms with Gasteiger partial charge in [-0.2, -0.15) is 0 Å². The van der Waals surface area contributed by atoms with E-state index in [1.807, 2.05) is 6.92 Å². The van der Waals surface area contributed by atoms with Crippen LogP contribution in [0.2, 0.25) is 4.47 Å².